The van der Waals surface area contributed by atoms with Gasteiger partial charge in [0.1, 0.15) is 17.5 Å². The lowest BCUT2D eigenvalue weighted by atomic mass is 10.1. The number of hydrogen-bond donors (Lipinski definition) is 2. The number of thiocarbonyl (C=S) groups is 1. The van der Waals surface area contributed by atoms with Gasteiger partial charge in [0, 0.05) is 37.0 Å². The van der Waals surface area contributed by atoms with Crippen LogP contribution >= 0.6 is 35.4 Å². The molecular formula is C21H24Cl2N2O4S. The summed E-state index contributed by atoms with van der Waals surface area (Å²) in [6.07, 6.45) is 0.321. The largest absolute Gasteiger partial charge is 0.508 e. The highest BCUT2D eigenvalue weighted by molar-refractivity contribution is 7.80. The molecular weight excluding hydrogens is 447 g/mol. The SMILES string of the molecule is COC(=O)[C@H](Cc1ccc(O)cc1)NC(=S)Oc1ccc(N(CCCl)CCCl)cc1. The van der Waals surface area contributed by atoms with Crippen molar-refractivity contribution in [1.82, 2.24) is 5.32 Å². The van der Waals surface area contributed by atoms with Crippen LogP contribution in [0.25, 0.3) is 0 Å². The van der Waals surface area contributed by atoms with Crippen molar-refractivity contribution in [3.8, 4) is 11.5 Å². The molecule has 0 heterocycles. The summed E-state index contributed by atoms with van der Waals surface area (Å²) < 4.78 is 10.5. The fourth-order valence-corrected chi connectivity index (χ4v) is 3.43. The lowest BCUT2D eigenvalue weighted by molar-refractivity contribution is -0.142. The number of phenolic OH excluding ortho intramolecular Hbond substituents is 1. The first-order valence-corrected chi connectivity index (χ1v) is 10.8. The summed E-state index contributed by atoms with van der Waals surface area (Å²) in [6.45, 7) is 1.37. The Morgan fingerprint density at radius 2 is 1.70 bits per heavy atom. The van der Waals surface area contributed by atoms with Gasteiger partial charge in [0.25, 0.3) is 5.17 Å². The van der Waals surface area contributed by atoms with Crippen molar-refractivity contribution in [2.45, 2.75) is 12.5 Å². The maximum atomic E-state index is 12.1. The number of phenols is 1. The van der Waals surface area contributed by atoms with Crippen molar-refractivity contribution in [2.75, 3.05) is 36.9 Å². The second kappa shape index (κ2) is 12.5. The minimum atomic E-state index is -0.728. The van der Waals surface area contributed by atoms with Gasteiger partial charge in [0.15, 0.2) is 0 Å². The molecule has 9 heteroatoms. The molecule has 2 N–H and O–H groups in total. The van der Waals surface area contributed by atoms with Crippen LogP contribution in [0.4, 0.5) is 5.69 Å². The number of carbonyl (C=O) groups is 1. The van der Waals surface area contributed by atoms with Gasteiger partial charge in [-0.3, -0.25) is 0 Å². The van der Waals surface area contributed by atoms with E-state index in [-0.39, 0.29) is 10.9 Å². The van der Waals surface area contributed by atoms with Gasteiger partial charge in [0.2, 0.25) is 0 Å². The van der Waals surface area contributed by atoms with Crippen LogP contribution < -0.4 is 15.0 Å². The second-order valence-electron chi connectivity index (χ2n) is 6.34. The molecule has 0 saturated heterocycles. The van der Waals surface area contributed by atoms with Crippen LogP contribution in [-0.2, 0) is 16.0 Å². The van der Waals surface area contributed by atoms with Crippen molar-refractivity contribution >= 4 is 52.3 Å². The monoisotopic (exact) mass is 470 g/mol. The number of benzene rings is 2. The van der Waals surface area contributed by atoms with E-state index >= 15 is 0 Å². The molecule has 2 aromatic rings. The van der Waals surface area contributed by atoms with Gasteiger partial charge in [-0.15, -0.1) is 23.2 Å². The van der Waals surface area contributed by atoms with E-state index in [9.17, 15) is 9.90 Å². The highest BCUT2D eigenvalue weighted by atomic mass is 35.5. The van der Waals surface area contributed by atoms with Crippen molar-refractivity contribution in [3.05, 3.63) is 54.1 Å². The molecule has 2 aromatic carbocycles. The molecule has 0 aliphatic heterocycles. The molecule has 30 heavy (non-hydrogen) atoms. The fourth-order valence-electron chi connectivity index (χ4n) is 2.78. The van der Waals surface area contributed by atoms with E-state index in [0.717, 1.165) is 11.3 Å². The Balaban J connectivity index is 2.00. The number of hydrogen-bond acceptors (Lipinski definition) is 6. The second-order valence-corrected chi connectivity index (χ2v) is 7.47. The van der Waals surface area contributed by atoms with Gasteiger partial charge in [0.05, 0.1) is 7.11 Å². The lowest BCUT2D eigenvalue weighted by Crippen LogP contribution is -2.44. The molecule has 0 spiro atoms. The molecule has 0 fully saturated rings. The topological polar surface area (TPSA) is 71.0 Å². The molecule has 6 nitrogen and oxygen atoms in total. The number of rotatable bonds is 10. The lowest BCUT2D eigenvalue weighted by Gasteiger charge is -2.23. The van der Waals surface area contributed by atoms with Crippen LogP contribution in [0.3, 0.4) is 0 Å². The smallest absolute Gasteiger partial charge is 0.328 e. The molecule has 162 valence electrons. The van der Waals surface area contributed by atoms with Crippen molar-refractivity contribution in [3.63, 3.8) is 0 Å². The van der Waals surface area contributed by atoms with Crippen molar-refractivity contribution in [1.29, 1.82) is 0 Å². The third-order valence-corrected chi connectivity index (χ3v) is 4.81. The Bertz CT molecular complexity index is 813. The van der Waals surface area contributed by atoms with Crippen LogP contribution in [-0.4, -0.2) is 54.3 Å². The van der Waals surface area contributed by atoms with Gasteiger partial charge in [-0.2, -0.15) is 0 Å². The quantitative estimate of drug-likeness (QED) is 0.311. The number of nitrogens with zero attached hydrogens (tertiary/aromatic N) is 1. The highest BCUT2D eigenvalue weighted by Crippen LogP contribution is 2.20. The van der Waals surface area contributed by atoms with Gasteiger partial charge in [-0.25, -0.2) is 4.79 Å². The predicted molar refractivity (Wildman–Crippen MR) is 124 cm³/mol. The van der Waals surface area contributed by atoms with E-state index in [1.807, 2.05) is 12.1 Å². The summed E-state index contributed by atoms with van der Waals surface area (Å²) in [5.41, 5.74) is 1.81. The number of esters is 1. The maximum absolute atomic E-state index is 12.1. The molecule has 1 atom stereocenters. The first-order chi connectivity index (χ1) is 14.5. The standard InChI is InChI=1S/C21H24Cl2N2O4S/c1-28-20(27)19(14-15-2-6-17(26)7-3-15)24-21(30)29-18-8-4-16(5-9-18)25(12-10-22)13-11-23/h2-9,19,26H,10-14H2,1H3,(H,24,30)/t19-/m0/s1. The normalized spacial score (nSPS) is 11.4. The number of halogens is 2. The first kappa shape index (κ1) is 24.1. The van der Waals surface area contributed by atoms with Crippen LogP contribution in [0, 0.1) is 0 Å². The molecule has 0 aliphatic carbocycles. The predicted octanol–water partition coefficient (Wildman–Crippen LogP) is 3.71. The zero-order valence-electron chi connectivity index (χ0n) is 16.5. The zero-order chi connectivity index (χ0) is 21.9. The number of anilines is 1. The summed E-state index contributed by atoms with van der Waals surface area (Å²) in [5.74, 6) is 1.21. The van der Waals surface area contributed by atoms with Crippen molar-refractivity contribution in [2.24, 2.45) is 0 Å². The van der Waals surface area contributed by atoms with E-state index in [4.69, 9.17) is 44.9 Å². The molecule has 0 radical (unpaired) electrons. The summed E-state index contributed by atoms with van der Waals surface area (Å²) in [4.78, 5) is 14.2. The molecule has 0 amide bonds. The Morgan fingerprint density at radius 3 is 2.23 bits per heavy atom. The average molecular weight is 471 g/mol. The summed E-state index contributed by atoms with van der Waals surface area (Å²) >= 11 is 17.0. The van der Waals surface area contributed by atoms with E-state index in [1.165, 1.54) is 7.11 Å². The van der Waals surface area contributed by atoms with Crippen LogP contribution in [0.15, 0.2) is 48.5 Å². The fraction of sp³-hybridized carbons (Fsp3) is 0.333. The molecule has 0 saturated carbocycles. The summed E-state index contributed by atoms with van der Waals surface area (Å²) in [5, 5.41) is 12.3. The Hall–Kier alpha value is -2.22. The number of aromatic hydroxyl groups is 1. The zero-order valence-corrected chi connectivity index (χ0v) is 18.8. The summed E-state index contributed by atoms with van der Waals surface area (Å²) in [6, 6.07) is 13.2. The summed E-state index contributed by atoms with van der Waals surface area (Å²) in [7, 11) is 1.31. The number of methoxy groups -OCH3 is 1. The Morgan fingerprint density at radius 1 is 1.10 bits per heavy atom. The number of nitrogens with one attached hydrogen (secondary N) is 1. The van der Waals surface area contributed by atoms with Crippen LogP contribution in [0.2, 0.25) is 0 Å². The van der Waals surface area contributed by atoms with E-state index < -0.39 is 12.0 Å². The van der Waals surface area contributed by atoms with Crippen LogP contribution in [0.5, 0.6) is 11.5 Å². The van der Waals surface area contributed by atoms with Gasteiger partial charge >= 0.3 is 5.97 Å². The first-order valence-electron chi connectivity index (χ1n) is 9.27. The van der Waals surface area contributed by atoms with E-state index in [2.05, 4.69) is 10.2 Å². The molecule has 2 rings (SSSR count). The van der Waals surface area contributed by atoms with Gasteiger partial charge in [-0.05, 0) is 54.2 Å². The number of ether oxygens (including phenoxy) is 2. The Kier molecular flexibility index (Phi) is 10.00. The third-order valence-electron chi connectivity index (χ3n) is 4.28. The average Bonchev–Trinajstić information content (AvgIpc) is 2.74. The van der Waals surface area contributed by atoms with Gasteiger partial charge < -0.3 is 24.8 Å². The molecule has 0 aromatic heterocycles. The Labute approximate surface area is 191 Å². The molecule has 0 bridgehead atoms. The highest BCUT2D eigenvalue weighted by Gasteiger charge is 2.21. The van der Waals surface area contributed by atoms with E-state index in [1.54, 1.807) is 36.4 Å². The number of carbonyl (C=O) groups excluding carboxylic acids is 1. The van der Waals surface area contributed by atoms with Crippen LogP contribution in [0.1, 0.15) is 5.56 Å². The minimum Gasteiger partial charge on any atom is -0.508 e. The van der Waals surface area contributed by atoms with Crippen molar-refractivity contribution < 1.29 is 19.4 Å². The maximum Gasteiger partial charge on any atom is 0.328 e. The van der Waals surface area contributed by atoms with Gasteiger partial charge in [-0.1, -0.05) is 12.1 Å². The molecule has 0 aliphatic rings. The third kappa shape index (κ3) is 7.55. The molecule has 0 unspecified atom stereocenters. The van der Waals surface area contributed by atoms with E-state index in [0.29, 0.717) is 37.0 Å². The minimum absolute atomic E-state index is 0.0512. The number of alkyl halides is 2.